The third-order valence-electron chi connectivity index (χ3n) is 3.76. The second-order valence-corrected chi connectivity index (χ2v) is 6.52. The fourth-order valence-corrected chi connectivity index (χ4v) is 3.11. The van der Waals surface area contributed by atoms with Gasteiger partial charge in [-0.15, -0.1) is 0 Å². The number of anilines is 1. The van der Waals surface area contributed by atoms with Crippen LogP contribution in [0.25, 0.3) is 0 Å². The Morgan fingerprint density at radius 2 is 1.95 bits per heavy atom. The Kier molecular flexibility index (Phi) is 3.57. The van der Waals surface area contributed by atoms with Crippen LogP contribution in [0.2, 0.25) is 0 Å². The summed E-state index contributed by atoms with van der Waals surface area (Å²) in [6, 6.07) is 14.3. The lowest BCUT2D eigenvalue weighted by Gasteiger charge is -2.28. The molecule has 0 amide bonds. The van der Waals surface area contributed by atoms with Gasteiger partial charge in [0.05, 0.1) is 17.6 Å². The highest BCUT2D eigenvalue weighted by atomic mass is 79.9. The summed E-state index contributed by atoms with van der Waals surface area (Å²) in [7, 11) is 1.67. The van der Waals surface area contributed by atoms with Crippen molar-refractivity contribution < 1.29 is 9.47 Å². The van der Waals surface area contributed by atoms with Gasteiger partial charge in [0, 0.05) is 17.3 Å². The second-order valence-electron chi connectivity index (χ2n) is 5.67. The number of hydrogen-bond acceptors (Lipinski definition) is 3. The van der Waals surface area contributed by atoms with Crippen LogP contribution in [0.15, 0.2) is 46.9 Å². The average molecular weight is 348 g/mol. The van der Waals surface area contributed by atoms with E-state index in [0.29, 0.717) is 0 Å². The van der Waals surface area contributed by atoms with Crippen LogP contribution in [-0.2, 0) is 0 Å². The lowest BCUT2D eigenvalue weighted by atomic mass is 9.94. The predicted octanol–water partition coefficient (Wildman–Crippen LogP) is 4.78. The van der Waals surface area contributed by atoms with Crippen molar-refractivity contribution in [2.75, 3.05) is 12.4 Å². The summed E-state index contributed by atoms with van der Waals surface area (Å²) in [4.78, 5) is 0. The molecule has 3 nitrogen and oxygen atoms in total. The molecule has 21 heavy (non-hydrogen) atoms. The van der Waals surface area contributed by atoms with E-state index in [0.717, 1.165) is 21.7 Å². The quantitative estimate of drug-likeness (QED) is 0.866. The average Bonchev–Trinajstić information content (AvgIpc) is 2.71. The number of para-hydroxylation sites is 1. The summed E-state index contributed by atoms with van der Waals surface area (Å²) in [6.45, 7) is 4.20. The molecule has 1 heterocycles. The molecule has 0 bridgehead atoms. The summed E-state index contributed by atoms with van der Waals surface area (Å²) in [5.74, 6) is 1.76. The summed E-state index contributed by atoms with van der Waals surface area (Å²) in [6.07, 6.45) is 0. The van der Waals surface area contributed by atoms with Crippen LogP contribution < -0.4 is 14.8 Å². The Bertz CT molecular complexity index is 670. The molecular formula is C17H18BrNO2. The van der Waals surface area contributed by atoms with E-state index in [-0.39, 0.29) is 11.6 Å². The van der Waals surface area contributed by atoms with Gasteiger partial charge in [0.25, 0.3) is 0 Å². The van der Waals surface area contributed by atoms with Crippen molar-refractivity contribution >= 4 is 21.6 Å². The number of methoxy groups -OCH3 is 1. The molecule has 0 radical (unpaired) electrons. The zero-order valence-electron chi connectivity index (χ0n) is 12.3. The van der Waals surface area contributed by atoms with Crippen molar-refractivity contribution in [3.63, 3.8) is 0 Å². The number of halogens is 1. The number of ether oxygens (including phenoxy) is 2. The van der Waals surface area contributed by atoms with E-state index < -0.39 is 0 Å². The van der Waals surface area contributed by atoms with Crippen molar-refractivity contribution in [2.45, 2.75) is 25.5 Å². The van der Waals surface area contributed by atoms with Crippen molar-refractivity contribution in [1.82, 2.24) is 0 Å². The third-order valence-corrected chi connectivity index (χ3v) is 4.42. The maximum atomic E-state index is 6.06. The Labute approximate surface area is 133 Å². The summed E-state index contributed by atoms with van der Waals surface area (Å²) >= 11 is 3.47. The third kappa shape index (κ3) is 2.60. The monoisotopic (exact) mass is 347 g/mol. The maximum absolute atomic E-state index is 6.06. The largest absolute Gasteiger partial charge is 0.495 e. The number of benzene rings is 2. The molecule has 0 saturated carbocycles. The van der Waals surface area contributed by atoms with Gasteiger partial charge in [-0.05, 0) is 48.0 Å². The van der Waals surface area contributed by atoms with Crippen LogP contribution in [-0.4, -0.2) is 12.7 Å². The minimum absolute atomic E-state index is 0.0968. The van der Waals surface area contributed by atoms with Crippen LogP contribution >= 0.6 is 15.9 Å². The molecule has 0 aliphatic carbocycles. The molecule has 1 unspecified atom stereocenters. The van der Waals surface area contributed by atoms with E-state index in [1.807, 2.05) is 36.4 Å². The standard InChI is InChI=1S/C17H18BrNO2/c1-17(2)16(12-6-4-5-7-14(12)21-17)19-11-8-9-13(18)15(10-11)20-3/h4-10,16,19H,1-3H3. The molecule has 3 rings (SSSR count). The summed E-state index contributed by atoms with van der Waals surface area (Å²) < 4.78 is 12.4. The number of hydrogen-bond donors (Lipinski definition) is 1. The molecular weight excluding hydrogens is 330 g/mol. The van der Waals surface area contributed by atoms with E-state index in [1.54, 1.807) is 7.11 Å². The van der Waals surface area contributed by atoms with Crippen LogP contribution in [0.1, 0.15) is 25.5 Å². The molecule has 0 saturated heterocycles. The SMILES string of the molecule is COc1cc(NC2c3ccccc3OC2(C)C)ccc1Br. The highest BCUT2D eigenvalue weighted by Gasteiger charge is 2.40. The van der Waals surface area contributed by atoms with Gasteiger partial charge in [-0.3, -0.25) is 0 Å². The first kappa shape index (κ1) is 14.3. The zero-order chi connectivity index (χ0) is 15.0. The predicted molar refractivity (Wildman–Crippen MR) is 88.2 cm³/mol. The molecule has 1 N–H and O–H groups in total. The lowest BCUT2D eigenvalue weighted by molar-refractivity contribution is 0.118. The molecule has 1 atom stereocenters. The van der Waals surface area contributed by atoms with Crippen LogP contribution in [0, 0.1) is 0 Å². The van der Waals surface area contributed by atoms with Crippen molar-refractivity contribution in [2.24, 2.45) is 0 Å². The van der Waals surface area contributed by atoms with E-state index >= 15 is 0 Å². The van der Waals surface area contributed by atoms with Gasteiger partial charge in [0.1, 0.15) is 17.1 Å². The fraction of sp³-hybridized carbons (Fsp3) is 0.294. The van der Waals surface area contributed by atoms with Gasteiger partial charge in [-0.1, -0.05) is 18.2 Å². The highest BCUT2D eigenvalue weighted by Crippen LogP contribution is 2.44. The molecule has 110 valence electrons. The minimum Gasteiger partial charge on any atom is -0.495 e. The maximum Gasteiger partial charge on any atom is 0.135 e. The molecule has 0 fully saturated rings. The summed E-state index contributed by atoms with van der Waals surface area (Å²) in [5, 5.41) is 3.56. The number of fused-ring (bicyclic) bond motifs is 1. The molecule has 1 aliphatic rings. The Hall–Kier alpha value is -1.68. The van der Waals surface area contributed by atoms with E-state index in [2.05, 4.69) is 41.2 Å². The Morgan fingerprint density at radius 3 is 2.71 bits per heavy atom. The fourth-order valence-electron chi connectivity index (χ4n) is 2.70. The van der Waals surface area contributed by atoms with Crippen LogP contribution in [0.3, 0.4) is 0 Å². The Balaban J connectivity index is 1.93. The van der Waals surface area contributed by atoms with Crippen LogP contribution in [0.4, 0.5) is 5.69 Å². The van der Waals surface area contributed by atoms with Gasteiger partial charge in [-0.25, -0.2) is 0 Å². The van der Waals surface area contributed by atoms with Gasteiger partial charge in [-0.2, -0.15) is 0 Å². The lowest BCUT2D eigenvalue weighted by Crippen LogP contribution is -2.34. The van der Waals surface area contributed by atoms with Crippen molar-refractivity contribution in [1.29, 1.82) is 0 Å². The van der Waals surface area contributed by atoms with E-state index in [4.69, 9.17) is 9.47 Å². The number of rotatable bonds is 3. The molecule has 1 aliphatic heterocycles. The number of nitrogens with one attached hydrogen (secondary N) is 1. The van der Waals surface area contributed by atoms with E-state index in [9.17, 15) is 0 Å². The van der Waals surface area contributed by atoms with Gasteiger partial charge >= 0.3 is 0 Å². The minimum atomic E-state index is -0.302. The first-order valence-electron chi connectivity index (χ1n) is 6.89. The van der Waals surface area contributed by atoms with Crippen LogP contribution in [0.5, 0.6) is 11.5 Å². The topological polar surface area (TPSA) is 30.5 Å². The molecule has 0 aromatic heterocycles. The first-order chi connectivity index (χ1) is 10.0. The molecule has 2 aromatic rings. The second kappa shape index (κ2) is 5.26. The molecule has 0 spiro atoms. The first-order valence-corrected chi connectivity index (χ1v) is 7.68. The summed E-state index contributed by atoms with van der Waals surface area (Å²) in [5.41, 5.74) is 1.89. The van der Waals surface area contributed by atoms with Gasteiger partial charge in [0.2, 0.25) is 0 Å². The Morgan fingerprint density at radius 1 is 1.19 bits per heavy atom. The van der Waals surface area contributed by atoms with Gasteiger partial charge < -0.3 is 14.8 Å². The molecule has 2 aromatic carbocycles. The van der Waals surface area contributed by atoms with E-state index in [1.165, 1.54) is 5.56 Å². The normalized spacial score (nSPS) is 18.8. The highest BCUT2D eigenvalue weighted by molar-refractivity contribution is 9.10. The van der Waals surface area contributed by atoms with Crippen molar-refractivity contribution in [3.8, 4) is 11.5 Å². The van der Waals surface area contributed by atoms with Crippen molar-refractivity contribution in [3.05, 3.63) is 52.5 Å². The zero-order valence-corrected chi connectivity index (χ0v) is 13.9. The molecule has 4 heteroatoms. The van der Waals surface area contributed by atoms with Gasteiger partial charge in [0.15, 0.2) is 0 Å². The smallest absolute Gasteiger partial charge is 0.135 e.